The normalized spacial score (nSPS) is 20.5. The number of hydrogen-bond donors (Lipinski definition) is 1. The lowest BCUT2D eigenvalue weighted by molar-refractivity contribution is -0.137. The fourth-order valence-corrected chi connectivity index (χ4v) is 3.05. The van der Waals surface area contributed by atoms with Gasteiger partial charge in [-0.2, -0.15) is 0 Å². The van der Waals surface area contributed by atoms with Crippen molar-refractivity contribution in [3.8, 4) is 0 Å². The quantitative estimate of drug-likeness (QED) is 0.808. The minimum absolute atomic E-state index is 0.306. The number of nitrogens with zero attached hydrogens (tertiary/aromatic N) is 1. The predicted octanol–water partition coefficient (Wildman–Crippen LogP) is 3.51. The molecule has 0 aromatic heterocycles. The molecule has 0 radical (unpaired) electrons. The number of aliphatic carboxylic acids is 1. The number of carboxylic acid groups (broad SMARTS) is 1. The van der Waals surface area contributed by atoms with Gasteiger partial charge in [0.05, 0.1) is 0 Å². The van der Waals surface area contributed by atoms with E-state index in [1.807, 2.05) is 0 Å². The van der Waals surface area contributed by atoms with Crippen LogP contribution in [-0.2, 0) is 4.79 Å². The van der Waals surface area contributed by atoms with Crippen LogP contribution < -0.4 is 0 Å². The zero-order valence-electron chi connectivity index (χ0n) is 12.1. The maximum absolute atomic E-state index is 10.5. The maximum atomic E-state index is 10.5. The second kappa shape index (κ2) is 8.05. The molecule has 1 aliphatic heterocycles. The molecule has 1 atom stereocenters. The molecular weight excluding hydrogens is 250 g/mol. The monoisotopic (exact) mass is 275 g/mol. The first-order valence-electron chi connectivity index (χ1n) is 7.75. The van der Waals surface area contributed by atoms with Crippen molar-refractivity contribution in [3.63, 3.8) is 0 Å². The van der Waals surface area contributed by atoms with Crippen LogP contribution in [0.2, 0.25) is 0 Å². The Labute approximate surface area is 121 Å². The average molecular weight is 275 g/mol. The summed E-state index contributed by atoms with van der Waals surface area (Å²) in [5.74, 6) is 0.0187. The summed E-state index contributed by atoms with van der Waals surface area (Å²) in [6, 6.07) is 10.8. The Balaban J connectivity index is 1.73. The van der Waals surface area contributed by atoms with Gasteiger partial charge in [-0.1, -0.05) is 30.3 Å². The largest absolute Gasteiger partial charge is 0.481 e. The van der Waals surface area contributed by atoms with Gasteiger partial charge in [0.2, 0.25) is 0 Å². The van der Waals surface area contributed by atoms with E-state index in [2.05, 4.69) is 35.2 Å². The van der Waals surface area contributed by atoms with Crippen molar-refractivity contribution in [2.45, 2.75) is 44.4 Å². The molecule has 0 aliphatic carbocycles. The number of hydrogen-bond acceptors (Lipinski definition) is 2. The summed E-state index contributed by atoms with van der Waals surface area (Å²) >= 11 is 0. The van der Waals surface area contributed by atoms with Crippen LogP contribution in [0.15, 0.2) is 30.3 Å². The van der Waals surface area contributed by atoms with Crippen molar-refractivity contribution >= 4 is 5.97 Å². The zero-order valence-corrected chi connectivity index (χ0v) is 12.1. The molecule has 1 N–H and O–H groups in total. The van der Waals surface area contributed by atoms with Crippen molar-refractivity contribution in [3.05, 3.63) is 35.9 Å². The van der Waals surface area contributed by atoms with Gasteiger partial charge in [0.1, 0.15) is 0 Å². The Morgan fingerprint density at radius 2 is 1.95 bits per heavy atom. The van der Waals surface area contributed by atoms with Crippen LogP contribution in [0.4, 0.5) is 0 Å². The summed E-state index contributed by atoms with van der Waals surface area (Å²) in [5, 5.41) is 8.64. The highest BCUT2D eigenvalue weighted by Gasteiger charge is 2.17. The second-order valence-electron chi connectivity index (χ2n) is 5.73. The lowest BCUT2D eigenvalue weighted by Crippen LogP contribution is -2.26. The lowest BCUT2D eigenvalue weighted by Gasteiger charge is -2.20. The predicted molar refractivity (Wildman–Crippen MR) is 81.0 cm³/mol. The average Bonchev–Trinajstić information content (AvgIpc) is 2.70. The molecule has 110 valence electrons. The molecule has 2 rings (SSSR count). The Bertz CT molecular complexity index is 405. The Morgan fingerprint density at radius 1 is 1.15 bits per heavy atom. The van der Waals surface area contributed by atoms with Gasteiger partial charge in [0, 0.05) is 6.42 Å². The van der Waals surface area contributed by atoms with Gasteiger partial charge in [0.15, 0.2) is 0 Å². The molecule has 1 aromatic rings. The van der Waals surface area contributed by atoms with E-state index in [4.69, 9.17) is 5.11 Å². The molecule has 0 amide bonds. The number of carbonyl (C=O) groups is 1. The molecule has 0 saturated carbocycles. The van der Waals surface area contributed by atoms with Crippen molar-refractivity contribution in [1.82, 2.24) is 4.90 Å². The first-order valence-corrected chi connectivity index (χ1v) is 7.75. The third kappa shape index (κ3) is 4.97. The van der Waals surface area contributed by atoms with Crippen LogP contribution in [0.3, 0.4) is 0 Å². The van der Waals surface area contributed by atoms with Crippen molar-refractivity contribution in [2.24, 2.45) is 0 Å². The molecule has 20 heavy (non-hydrogen) atoms. The molecule has 1 saturated heterocycles. The minimum Gasteiger partial charge on any atom is -0.481 e. The summed E-state index contributed by atoms with van der Waals surface area (Å²) < 4.78 is 0. The summed E-state index contributed by atoms with van der Waals surface area (Å²) in [6.45, 7) is 3.36. The van der Waals surface area contributed by atoms with Gasteiger partial charge in [-0.05, 0) is 63.2 Å². The third-order valence-corrected chi connectivity index (χ3v) is 4.21. The smallest absolute Gasteiger partial charge is 0.303 e. The molecule has 1 unspecified atom stereocenters. The Morgan fingerprint density at radius 3 is 2.70 bits per heavy atom. The third-order valence-electron chi connectivity index (χ3n) is 4.21. The first-order chi connectivity index (χ1) is 9.75. The molecule has 1 aliphatic rings. The molecule has 1 heterocycles. The summed E-state index contributed by atoms with van der Waals surface area (Å²) in [7, 11) is 0. The van der Waals surface area contributed by atoms with E-state index in [0.717, 1.165) is 32.5 Å². The van der Waals surface area contributed by atoms with Gasteiger partial charge >= 0.3 is 5.97 Å². The van der Waals surface area contributed by atoms with Gasteiger partial charge in [0.25, 0.3) is 0 Å². The standard InChI is InChI=1S/C17H25NO2/c19-17(20)10-4-5-12-18-13-6-9-16(11-14-18)15-7-2-1-3-8-15/h1-3,7-8,16H,4-6,9-14H2,(H,19,20). The number of rotatable bonds is 6. The first kappa shape index (κ1) is 15.0. The lowest BCUT2D eigenvalue weighted by atomic mass is 9.92. The van der Waals surface area contributed by atoms with Crippen LogP contribution in [0.5, 0.6) is 0 Å². The number of carboxylic acids is 1. The van der Waals surface area contributed by atoms with E-state index in [9.17, 15) is 4.79 Å². The van der Waals surface area contributed by atoms with Crippen LogP contribution >= 0.6 is 0 Å². The second-order valence-corrected chi connectivity index (χ2v) is 5.73. The molecule has 0 spiro atoms. The topological polar surface area (TPSA) is 40.5 Å². The van der Waals surface area contributed by atoms with E-state index >= 15 is 0 Å². The highest BCUT2D eigenvalue weighted by Crippen LogP contribution is 2.27. The SMILES string of the molecule is O=C(O)CCCCN1CCCC(c2ccccc2)CC1. The minimum atomic E-state index is -0.676. The van der Waals surface area contributed by atoms with Crippen molar-refractivity contribution < 1.29 is 9.90 Å². The van der Waals surface area contributed by atoms with Gasteiger partial charge in [-0.3, -0.25) is 4.79 Å². The zero-order chi connectivity index (χ0) is 14.2. The van der Waals surface area contributed by atoms with Crippen molar-refractivity contribution in [1.29, 1.82) is 0 Å². The summed E-state index contributed by atoms with van der Waals surface area (Å²) in [4.78, 5) is 13.0. The maximum Gasteiger partial charge on any atom is 0.303 e. The highest BCUT2D eigenvalue weighted by molar-refractivity contribution is 5.66. The summed E-state index contributed by atoms with van der Waals surface area (Å²) in [5.41, 5.74) is 1.47. The number of unbranched alkanes of at least 4 members (excludes halogenated alkanes) is 1. The molecule has 0 bridgehead atoms. The van der Waals surface area contributed by atoms with Crippen LogP contribution in [-0.4, -0.2) is 35.6 Å². The van der Waals surface area contributed by atoms with Gasteiger partial charge in [-0.25, -0.2) is 0 Å². The van der Waals surface area contributed by atoms with E-state index in [-0.39, 0.29) is 0 Å². The Hall–Kier alpha value is -1.35. The van der Waals surface area contributed by atoms with Crippen LogP contribution in [0, 0.1) is 0 Å². The van der Waals surface area contributed by atoms with Crippen LogP contribution in [0.1, 0.15) is 50.0 Å². The highest BCUT2D eigenvalue weighted by atomic mass is 16.4. The number of benzene rings is 1. The molecule has 3 heteroatoms. The molecule has 3 nitrogen and oxygen atoms in total. The fraction of sp³-hybridized carbons (Fsp3) is 0.588. The van der Waals surface area contributed by atoms with Crippen LogP contribution in [0.25, 0.3) is 0 Å². The fourth-order valence-electron chi connectivity index (χ4n) is 3.05. The summed E-state index contributed by atoms with van der Waals surface area (Å²) in [6.07, 6.45) is 5.85. The molecule has 1 aromatic carbocycles. The van der Waals surface area contributed by atoms with E-state index in [1.54, 1.807) is 0 Å². The Kier molecular flexibility index (Phi) is 6.06. The van der Waals surface area contributed by atoms with E-state index in [0.29, 0.717) is 12.3 Å². The molecular formula is C17H25NO2. The van der Waals surface area contributed by atoms with Gasteiger partial charge < -0.3 is 10.0 Å². The van der Waals surface area contributed by atoms with E-state index < -0.39 is 5.97 Å². The number of likely N-dealkylation sites (tertiary alicyclic amines) is 1. The molecule has 1 fully saturated rings. The van der Waals surface area contributed by atoms with Crippen molar-refractivity contribution in [2.75, 3.05) is 19.6 Å². The van der Waals surface area contributed by atoms with Gasteiger partial charge in [-0.15, -0.1) is 0 Å². The van der Waals surface area contributed by atoms with E-state index in [1.165, 1.54) is 24.8 Å².